The van der Waals surface area contributed by atoms with Gasteiger partial charge in [0.2, 0.25) is 0 Å². The number of nitrogens with zero attached hydrogens (tertiary/aromatic N) is 1. The maximum Gasteiger partial charge on any atom is 0.323 e. The van der Waals surface area contributed by atoms with E-state index >= 15 is 0 Å². The van der Waals surface area contributed by atoms with E-state index in [0.717, 1.165) is 31.9 Å². The molecular formula is C19H22N4O3. The lowest BCUT2D eigenvalue weighted by molar-refractivity contribution is 0.172. The SMILES string of the molecule is O=C(Nc1ccc(N2CCNCC2)cc1)Nc1cccc2c1OCCO2. The number of nitrogens with one attached hydrogen (secondary N) is 3. The van der Waals surface area contributed by atoms with Gasteiger partial charge in [0.1, 0.15) is 13.2 Å². The second-order valence-electron chi connectivity index (χ2n) is 6.19. The Labute approximate surface area is 152 Å². The van der Waals surface area contributed by atoms with Crippen LogP contribution in [0.1, 0.15) is 0 Å². The molecule has 0 atom stereocenters. The van der Waals surface area contributed by atoms with E-state index in [0.29, 0.717) is 30.4 Å². The van der Waals surface area contributed by atoms with E-state index in [-0.39, 0.29) is 6.03 Å². The van der Waals surface area contributed by atoms with Crippen LogP contribution in [-0.2, 0) is 0 Å². The number of piperazine rings is 1. The molecule has 2 aromatic rings. The van der Waals surface area contributed by atoms with Gasteiger partial charge in [-0.1, -0.05) is 6.07 Å². The molecule has 7 heteroatoms. The van der Waals surface area contributed by atoms with Crippen molar-refractivity contribution in [1.82, 2.24) is 5.32 Å². The zero-order valence-corrected chi connectivity index (χ0v) is 14.5. The quantitative estimate of drug-likeness (QED) is 0.790. The highest BCUT2D eigenvalue weighted by atomic mass is 16.6. The Kier molecular flexibility index (Phi) is 4.79. The number of amides is 2. The van der Waals surface area contributed by atoms with Crippen LogP contribution in [0.3, 0.4) is 0 Å². The van der Waals surface area contributed by atoms with E-state index < -0.39 is 0 Å². The minimum atomic E-state index is -0.317. The fourth-order valence-electron chi connectivity index (χ4n) is 3.14. The lowest BCUT2D eigenvalue weighted by atomic mass is 10.2. The van der Waals surface area contributed by atoms with Crippen LogP contribution in [0.15, 0.2) is 42.5 Å². The largest absolute Gasteiger partial charge is 0.486 e. The van der Waals surface area contributed by atoms with E-state index in [2.05, 4.69) is 20.9 Å². The molecule has 1 fully saturated rings. The van der Waals surface area contributed by atoms with Crippen LogP contribution in [-0.4, -0.2) is 45.4 Å². The van der Waals surface area contributed by atoms with Crippen molar-refractivity contribution in [3.8, 4) is 11.5 Å². The van der Waals surface area contributed by atoms with Gasteiger partial charge in [-0.25, -0.2) is 4.79 Å². The first-order valence-corrected chi connectivity index (χ1v) is 8.82. The van der Waals surface area contributed by atoms with Gasteiger partial charge in [-0.15, -0.1) is 0 Å². The van der Waals surface area contributed by atoms with E-state index in [1.54, 1.807) is 6.07 Å². The monoisotopic (exact) mass is 354 g/mol. The predicted octanol–water partition coefficient (Wildman–Crippen LogP) is 2.51. The molecule has 0 bridgehead atoms. The van der Waals surface area contributed by atoms with Gasteiger partial charge in [0, 0.05) is 37.6 Å². The fourth-order valence-corrected chi connectivity index (χ4v) is 3.14. The Morgan fingerprint density at radius 1 is 0.962 bits per heavy atom. The Balaban J connectivity index is 1.39. The molecule has 0 saturated carbocycles. The predicted molar refractivity (Wildman–Crippen MR) is 102 cm³/mol. The summed E-state index contributed by atoms with van der Waals surface area (Å²) in [6.07, 6.45) is 0. The summed E-state index contributed by atoms with van der Waals surface area (Å²) in [7, 11) is 0. The molecule has 0 aliphatic carbocycles. The number of hydrogen-bond donors (Lipinski definition) is 3. The Morgan fingerprint density at radius 2 is 1.73 bits per heavy atom. The van der Waals surface area contributed by atoms with Crippen molar-refractivity contribution in [2.45, 2.75) is 0 Å². The van der Waals surface area contributed by atoms with Gasteiger partial charge in [-0.2, -0.15) is 0 Å². The highest BCUT2D eigenvalue weighted by molar-refractivity contribution is 6.01. The van der Waals surface area contributed by atoms with Crippen molar-refractivity contribution in [3.63, 3.8) is 0 Å². The number of carbonyl (C=O) groups is 1. The van der Waals surface area contributed by atoms with Crippen molar-refractivity contribution in [3.05, 3.63) is 42.5 Å². The summed E-state index contributed by atoms with van der Waals surface area (Å²) < 4.78 is 11.1. The number of urea groups is 1. The molecule has 2 aromatic carbocycles. The molecule has 2 amide bonds. The Bertz CT molecular complexity index is 773. The lowest BCUT2D eigenvalue weighted by Gasteiger charge is -2.29. The normalized spacial score (nSPS) is 16.1. The number of hydrogen-bond acceptors (Lipinski definition) is 5. The van der Waals surface area contributed by atoms with Gasteiger partial charge in [-0.3, -0.25) is 0 Å². The molecule has 7 nitrogen and oxygen atoms in total. The second-order valence-corrected chi connectivity index (χ2v) is 6.19. The van der Waals surface area contributed by atoms with Gasteiger partial charge >= 0.3 is 6.03 Å². The zero-order valence-electron chi connectivity index (χ0n) is 14.5. The third-order valence-corrected chi connectivity index (χ3v) is 4.42. The first-order chi connectivity index (χ1) is 12.8. The van der Waals surface area contributed by atoms with Crippen molar-refractivity contribution < 1.29 is 14.3 Å². The Morgan fingerprint density at radius 3 is 2.54 bits per heavy atom. The Hall–Kier alpha value is -2.93. The zero-order chi connectivity index (χ0) is 17.8. The van der Waals surface area contributed by atoms with E-state index in [1.165, 1.54) is 5.69 Å². The highest BCUT2D eigenvalue weighted by Gasteiger charge is 2.17. The van der Waals surface area contributed by atoms with Crippen LogP contribution in [0.2, 0.25) is 0 Å². The standard InChI is InChI=1S/C19H22N4O3/c24-19(22-16-2-1-3-17-18(16)26-13-12-25-17)21-14-4-6-15(7-5-14)23-10-8-20-9-11-23/h1-7,20H,8-13H2,(H2,21,22,24). The van der Waals surface area contributed by atoms with E-state index in [1.807, 2.05) is 36.4 Å². The number of ether oxygens (including phenoxy) is 2. The summed E-state index contributed by atoms with van der Waals surface area (Å²) in [5.41, 5.74) is 2.50. The van der Waals surface area contributed by atoms with Gasteiger partial charge in [0.15, 0.2) is 11.5 Å². The van der Waals surface area contributed by atoms with Crippen molar-refractivity contribution >= 4 is 23.1 Å². The third-order valence-electron chi connectivity index (χ3n) is 4.42. The molecule has 136 valence electrons. The van der Waals surface area contributed by atoms with Crippen LogP contribution >= 0.6 is 0 Å². The molecule has 3 N–H and O–H groups in total. The smallest absolute Gasteiger partial charge is 0.323 e. The van der Waals surface area contributed by atoms with Crippen molar-refractivity contribution in [2.75, 3.05) is 54.9 Å². The molecule has 2 heterocycles. The summed E-state index contributed by atoms with van der Waals surface area (Å²) in [6, 6.07) is 13.0. The van der Waals surface area contributed by atoms with Gasteiger partial charge < -0.3 is 30.3 Å². The van der Waals surface area contributed by atoms with Crippen molar-refractivity contribution in [1.29, 1.82) is 0 Å². The first kappa shape index (κ1) is 16.5. The highest BCUT2D eigenvalue weighted by Crippen LogP contribution is 2.37. The number of fused-ring (bicyclic) bond motifs is 1. The maximum absolute atomic E-state index is 12.3. The molecule has 1 saturated heterocycles. The number of benzene rings is 2. The van der Waals surface area contributed by atoms with Crippen LogP contribution < -0.4 is 30.3 Å². The number of rotatable bonds is 3. The van der Waals surface area contributed by atoms with Gasteiger partial charge in [-0.05, 0) is 36.4 Å². The lowest BCUT2D eigenvalue weighted by Crippen LogP contribution is -2.43. The topological polar surface area (TPSA) is 74.9 Å². The minimum Gasteiger partial charge on any atom is -0.486 e. The maximum atomic E-state index is 12.3. The molecule has 0 radical (unpaired) electrons. The molecule has 2 aliphatic rings. The summed E-state index contributed by atoms with van der Waals surface area (Å²) in [5.74, 6) is 1.22. The van der Waals surface area contributed by atoms with Gasteiger partial charge in [0.25, 0.3) is 0 Å². The van der Waals surface area contributed by atoms with Crippen LogP contribution in [0.4, 0.5) is 21.9 Å². The summed E-state index contributed by atoms with van der Waals surface area (Å²) in [6.45, 7) is 4.97. The van der Waals surface area contributed by atoms with Crippen LogP contribution in [0.5, 0.6) is 11.5 Å². The molecule has 2 aliphatic heterocycles. The fraction of sp³-hybridized carbons (Fsp3) is 0.316. The van der Waals surface area contributed by atoms with Crippen molar-refractivity contribution in [2.24, 2.45) is 0 Å². The average molecular weight is 354 g/mol. The van der Waals surface area contributed by atoms with E-state index in [4.69, 9.17) is 9.47 Å². The molecular weight excluding hydrogens is 332 g/mol. The van der Waals surface area contributed by atoms with Crippen LogP contribution in [0.25, 0.3) is 0 Å². The van der Waals surface area contributed by atoms with Gasteiger partial charge in [0.05, 0.1) is 5.69 Å². The first-order valence-electron chi connectivity index (χ1n) is 8.82. The van der Waals surface area contributed by atoms with Crippen LogP contribution in [0, 0.1) is 0 Å². The number of anilines is 3. The van der Waals surface area contributed by atoms with E-state index in [9.17, 15) is 4.79 Å². The summed E-state index contributed by atoms with van der Waals surface area (Å²) in [4.78, 5) is 14.6. The number of carbonyl (C=O) groups excluding carboxylic acids is 1. The second kappa shape index (κ2) is 7.53. The summed E-state index contributed by atoms with van der Waals surface area (Å²) >= 11 is 0. The molecule has 4 rings (SSSR count). The third kappa shape index (κ3) is 3.67. The average Bonchev–Trinajstić information content (AvgIpc) is 2.69. The molecule has 0 spiro atoms. The molecule has 0 unspecified atom stereocenters. The minimum absolute atomic E-state index is 0.317. The molecule has 26 heavy (non-hydrogen) atoms. The number of para-hydroxylation sites is 1. The summed E-state index contributed by atoms with van der Waals surface area (Å²) in [5, 5.41) is 9.01. The molecule has 0 aromatic heterocycles.